The Kier molecular flexibility index (Phi) is 42.6. The van der Waals surface area contributed by atoms with Gasteiger partial charge in [-0.25, -0.2) is 4.85 Å². The molecule has 2 atom stereocenters. The van der Waals surface area contributed by atoms with E-state index >= 15 is 0 Å². The fraction of sp³-hybridized carbons (Fsp3) is 0.688. The highest BCUT2D eigenvalue weighted by atomic mass is 32.1. The van der Waals surface area contributed by atoms with Crippen LogP contribution >= 0.6 is 11.3 Å². The molecule has 0 aliphatic rings. The Morgan fingerprint density at radius 1 is 0.617 bits per heavy atom. The molecule has 16 nitrogen and oxygen atoms in total. The number of rotatable bonds is 52. The fourth-order valence-corrected chi connectivity index (χ4v) is 9.95. The number of azo groups is 1. The lowest BCUT2D eigenvalue weighted by molar-refractivity contribution is -0.152. The molecule has 0 spiro atoms. The molecule has 2 aromatic rings. The lowest BCUT2D eigenvalue weighted by Gasteiger charge is -2.25. The molecule has 0 aliphatic carbocycles. The minimum atomic E-state index is -1.03. The van der Waals surface area contributed by atoms with Crippen LogP contribution in [-0.2, 0) is 42.9 Å². The normalized spacial score (nSPS) is 12.3. The third-order valence-corrected chi connectivity index (χ3v) is 15.2. The number of unbranched alkanes of at least 4 members (excludes halogenated alkanes) is 22. The quantitative estimate of drug-likeness (QED) is 0.0208. The highest BCUT2D eigenvalue weighted by molar-refractivity contribution is 7.20. The van der Waals surface area contributed by atoms with Crippen molar-refractivity contribution in [1.82, 2.24) is 0 Å². The van der Waals surface area contributed by atoms with Gasteiger partial charge in [0.2, 0.25) is 5.00 Å². The average Bonchev–Trinajstić information content (AvgIpc) is 3.85. The zero-order valence-electron chi connectivity index (χ0n) is 49.8. The number of ether oxygens (including phenoxy) is 5. The van der Waals surface area contributed by atoms with Crippen LogP contribution in [0.1, 0.15) is 210 Å². The van der Waals surface area contributed by atoms with Gasteiger partial charge < -0.3 is 38.8 Å². The van der Waals surface area contributed by atoms with Crippen LogP contribution in [0.2, 0.25) is 0 Å². The summed E-state index contributed by atoms with van der Waals surface area (Å²) in [5.74, 6) is -4.93. The summed E-state index contributed by atoms with van der Waals surface area (Å²) in [7, 11) is 0. The van der Waals surface area contributed by atoms with Crippen molar-refractivity contribution < 1.29 is 53.1 Å². The molecule has 1 aromatic carbocycles. The Labute approximate surface area is 489 Å². The number of nitrogens with zero attached hydrogens (tertiary/aromatic N) is 5. The van der Waals surface area contributed by atoms with Gasteiger partial charge in [0, 0.05) is 18.8 Å². The van der Waals surface area contributed by atoms with E-state index in [9.17, 15) is 34.7 Å². The van der Waals surface area contributed by atoms with E-state index in [1.165, 1.54) is 128 Å². The van der Waals surface area contributed by atoms with E-state index in [0.717, 1.165) is 48.3 Å². The molecule has 0 aliphatic heterocycles. The van der Waals surface area contributed by atoms with Crippen LogP contribution in [0.3, 0.4) is 0 Å². The first kappa shape index (κ1) is 71.6. The number of carbonyl (C=O) groups excluding carboxylic acids is 2. The molecule has 2 rings (SSSR count). The molecular formula is C64H99N5O11S. The van der Waals surface area contributed by atoms with Gasteiger partial charge in [-0.3, -0.25) is 19.2 Å². The van der Waals surface area contributed by atoms with E-state index in [4.69, 9.17) is 30.3 Å². The maximum absolute atomic E-state index is 12.6. The summed E-state index contributed by atoms with van der Waals surface area (Å²) >= 11 is 1.13. The van der Waals surface area contributed by atoms with Gasteiger partial charge in [0.25, 0.3) is 0 Å². The zero-order valence-corrected chi connectivity index (χ0v) is 50.6. The van der Waals surface area contributed by atoms with Crippen molar-refractivity contribution in [2.24, 2.45) is 22.1 Å². The van der Waals surface area contributed by atoms with Gasteiger partial charge >= 0.3 is 23.9 Å². The lowest BCUT2D eigenvalue weighted by atomic mass is 10.0. The minimum Gasteiger partial charge on any atom is -0.481 e. The number of esters is 2. The number of benzene rings is 1. The number of nitriles is 1. The molecule has 2 unspecified atom stereocenters. The Balaban J connectivity index is 1.78. The predicted octanol–water partition coefficient (Wildman–Crippen LogP) is 16.6. The highest BCUT2D eigenvalue weighted by Gasteiger charge is 2.22. The number of carboxylic acid groups (broad SMARTS) is 2. The first-order chi connectivity index (χ1) is 39.4. The molecule has 1 aromatic heterocycles. The van der Waals surface area contributed by atoms with Gasteiger partial charge in [-0.05, 0) is 81.7 Å². The first-order valence-corrected chi connectivity index (χ1v) is 31.2. The largest absolute Gasteiger partial charge is 0.481 e. The van der Waals surface area contributed by atoms with Gasteiger partial charge in [-0.1, -0.05) is 167 Å². The molecule has 0 bridgehead atoms. The second kappa shape index (κ2) is 48.1. The van der Waals surface area contributed by atoms with Crippen LogP contribution in [0, 0.1) is 43.6 Å². The number of aliphatic carboxylic acids is 2. The van der Waals surface area contributed by atoms with Crippen LogP contribution in [0.4, 0.5) is 21.4 Å². The third-order valence-electron chi connectivity index (χ3n) is 14.1. The van der Waals surface area contributed by atoms with Crippen molar-refractivity contribution in [2.75, 3.05) is 70.8 Å². The number of thiophene rings is 1. The van der Waals surface area contributed by atoms with E-state index in [2.05, 4.69) is 39.9 Å². The number of hydrogen-bond acceptors (Lipinski definition) is 14. The van der Waals surface area contributed by atoms with Crippen molar-refractivity contribution in [2.45, 2.75) is 207 Å². The van der Waals surface area contributed by atoms with Crippen molar-refractivity contribution in [3.05, 3.63) is 70.6 Å². The lowest BCUT2D eigenvalue weighted by Crippen LogP contribution is -2.31. The molecule has 0 saturated carbocycles. The van der Waals surface area contributed by atoms with Crippen LogP contribution in [-0.4, -0.2) is 100 Å². The van der Waals surface area contributed by atoms with Gasteiger partial charge in [0.05, 0.1) is 82.1 Å². The Bertz CT molecular complexity index is 2220. The zero-order chi connectivity index (χ0) is 59.0. The van der Waals surface area contributed by atoms with Crippen LogP contribution in [0.15, 0.2) is 52.7 Å². The summed E-state index contributed by atoms with van der Waals surface area (Å²) in [6.45, 7) is 17.8. The van der Waals surface area contributed by atoms with Crippen LogP contribution < -0.4 is 4.90 Å². The molecule has 0 saturated heterocycles. The molecular weight excluding hydrogens is 1050 g/mol. The fourth-order valence-electron chi connectivity index (χ4n) is 9.09. The van der Waals surface area contributed by atoms with E-state index in [1.54, 1.807) is 6.92 Å². The monoisotopic (exact) mass is 1150 g/mol. The summed E-state index contributed by atoms with van der Waals surface area (Å²) < 4.78 is 28.0. The molecule has 452 valence electrons. The minimum absolute atomic E-state index is 0.00392. The average molecular weight is 1150 g/mol. The second-order valence-corrected chi connectivity index (χ2v) is 21.9. The molecule has 17 heteroatoms. The summed E-state index contributed by atoms with van der Waals surface area (Å²) in [4.78, 5) is 54.4. The SMILES string of the molecule is [C-]#[N+]c1sc(N=Nc2ccc(N(CCOCCOCCOC(=O)CC(C/C=C/CCCCCCCCCCC)C(=O)O)CCOCCOC(=O)CC(C/C=C/CCCCCCCCCCCCCCC)C(=O)O)cc2C)c(C#N)c1C. The number of anilines is 1. The van der Waals surface area contributed by atoms with Crippen LogP contribution in [0.25, 0.3) is 4.85 Å². The second-order valence-electron chi connectivity index (χ2n) is 20.9. The molecule has 1 heterocycles. The third kappa shape index (κ3) is 35.2. The van der Waals surface area contributed by atoms with Gasteiger partial charge in [0.15, 0.2) is 0 Å². The standard InChI is InChI=1S/C64H99N5O11S/c1-6-8-10-12-14-16-18-20-21-22-23-25-27-29-31-32-34-54(63(72)73)49-59(70)79-46-44-77-41-39-69(56-36-37-58(52(3)48-56)67-68-62-57(51-65)53(4)61(66-5)81-62)38-40-76-42-43-78-45-47-80-60(71)50-55(64(74)75)35-33-30-28-26-24-19-17-15-13-11-9-7-2/h30-33,36-37,48,54-55H,6-29,34-35,38-47,49-50H2,1-4H3,(H,72,73)(H,74,75)/b32-31+,33-30+,68-67?. The van der Waals surface area contributed by atoms with Gasteiger partial charge in [-0.2, -0.15) is 5.26 Å². The van der Waals surface area contributed by atoms with E-state index < -0.39 is 35.7 Å². The summed E-state index contributed by atoms with van der Waals surface area (Å²) in [6.07, 6.45) is 37.8. The van der Waals surface area contributed by atoms with E-state index in [1.807, 2.05) is 49.4 Å². The Morgan fingerprint density at radius 3 is 1.44 bits per heavy atom. The van der Waals surface area contributed by atoms with E-state index in [0.29, 0.717) is 46.5 Å². The first-order valence-electron chi connectivity index (χ1n) is 30.4. The molecule has 2 N–H and O–H groups in total. The molecule has 81 heavy (non-hydrogen) atoms. The number of hydrogen-bond donors (Lipinski definition) is 2. The summed E-state index contributed by atoms with van der Waals surface area (Å²) in [6, 6.07) is 7.80. The number of allylic oxidation sites excluding steroid dienone is 4. The maximum atomic E-state index is 12.6. The highest BCUT2D eigenvalue weighted by Crippen LogP contribution is 2.41. The molecule has 0 radical (unpaired) electrons. The predicted molar refractivity (Wildman–Crippen MR) is 323 cm³/mol. The molecule has 0 amide bonds. The topological polar surface area (TPSA) is 211 Å². The maximum Gasteiger partial charge on any atom is 0.307 e. The van der Waals surface area contributed by atoms with Crippen LogP contribution in [0.5, 0.6) is 0 Å². The van der Waals surface area contributed by atoms with Crippen molar-refractivity contribution >= 4 is 56.6 Å². The number of carboxylic acids is 2. The Hall–Kier alpha value is -5.46. The Morgan fingerprint density at radius 2 is 1.04 bits per heavy atom. The van der Waals surface area contributed by atoms with Crippen molar-refractivity contribution in [3.8, 4) is 6.07 Å². The van der Waals surface area contributed by atoms with Crippen molar-refractivity contribution in [3.63, 3.8) is 0 Å². The summed E-state index contributed by atoms with van der Waals surface area (Å²) in [5, 5.41) is 38.6. The van der Waals surface area contributed by atoms with Crippen molar-refractivity contribution in [1.29, 1.82) is 5.26 Å². The number of carbonyl (C=O) groups is 4. The van der Waals surface area contributed by atoms with Gasteiger partial charge in [-0.15, -0.1) is 21.6 Å². The molecule has 0 fully saturated rings. The smallest absolute Gasteiger partial charge is 0.307 e. The number of aryl methyl sites for hydroxylation is 1. The van der Waals surface area contributed by atoms with E-state index in [-0.39, 0.29) is 71.9 Å². The van der Waals surface area contributed by atoms with Gasteiger partial charge in [0.1, 0.15) is 24.3 Å². The summed E-state index contributed by atoms with van der Waals surface area (Å²) in [5.41, 5.74) is 3.19.